The van der Waals surface area contributed by atoms with Crippen LogP contribution in [-0.4, -0.2) is 27.3 Å². The Kier molecular flexibility index (Phi) is 5.84. The molecule has 0 bridgehead atoms. The van der Waals surface area contributed by atoms with Gasteiger partial charge in [0.2, 0.25) is 5.91 Å². The number of nitrogens with one attached hydrogen (secondary N) is 1. The topological polar surface area (TPSA) is 56.2 Å². The van der Waals surface area contributed by atoms with Gasteiger partial charge >= 0.3 is 6.61 Å². The van der Waals surface area contributed by atoms with Gasteiger partial charge in [-0.3, -0.25) is 4.79 Å². The molecule has 9 heteroatoms. The predicted octanol–water partition coefficient (Wildman–Crippen LogP) is 3.79. The van der Waals surface area contributed by atoms with Crippen LogP contribution in [-0.2, 0) is 11.8 Å². The summed E-state index contributed by atoms with van der Waals surface area (Å²) in [6.45, 7) is -1.22. The Bertz CT molecular complexity index is 696. The zero-order valence-electron chi connectivity index (χ0n) is 12.3. The maximum absolute atomic E-state index is 12.2. The molecule has 1 aromatic carbocycles. The number of alkyl halides is 2. The number of carbonyl (C=O) groups excluding carboxylic acids is 1. The first-order valence-electron chi connectivity index (χ1n) is 6.56. The number of nitrogens with zero attached hydrogens (tertiary/aromatic N) is 2. The summed E-state index contributed by atoms with van der Waals surface area (Å²) >= 11 is 7.15. The van der Waals surface area contributed by atoms with Crippen LogP contribution in [0.25, 0.3) is 0 Å². The van der Waals surface area contributed by atoms with E-state index in [-0.39, 0.29) is 16.7 Å². The fourth-order valence-electron chi connectivity index (χ4n) is 1.69. The number of aromatic nitrogens is 2. The third-order valence-corrected chi connectivity index (χ3v) is 4.31. The molecule has 1 aromatic heterocycles. The molecule has 1 N–H and O–H groups in total. The molecule has 1 atom stereocenters. The smallest absolute Gasteiger partial charge is 0.387 e. The van der Waals surface area contributed by atoms with E-state index < -0.39 is 11.9 Å². The summed E-state index contributed by atoms with van der Waals surface area (Å²) in [6, 6.07) is 4.08. The van der Waals surface area contributed by atoms with Gasteiger partial charge in [-0.15, -0.1) is 0 Å². The third kappa shape index (κ3) is 4.84. The molecular formula is C14H14ClF2N3O2S. The fraction of sp³-hybridized carbons (Fsp3) is 0.286. The van der Waals surface area contributed by atoms with Gasteiger partial charge in [0.15, 0.2) is 5.16 Å². The van der Waals surface area contributed by atoms with Crippen LogP contribution >= 0.6 is 23.4 Å². The van der Waals surface area contributed by atoms with Crippen molar-refractivity contribution < 1.29 is 18.3 Å². The lowest BCUT2D eigenvalue weighted by Gasteiger charge is -2.13. The summed E-state index contributed by atoms with van der Waals surface area (Å²) in [5.74, 6) is -0.397. The van der Waals surface area contributed by atoms with Crippen LogP contribution in [0.1, 0.15) is 6.92 Å². The van der Waals surface area contributed by atoms with E-state index in [0.717, 1.165) is 0 Å². The molecule has 124 valence electrons. The summed E-state index contributed by atoms with van der Waals surface area (Å²) in [7, 11) is 1.83. The first kappa shape index (κ1) is 17.6. The van der Waals surface area contributed by atoms with Crippen molar-refractivity contribution in [2.24, 2.45) is 7.05 Å². The Morgan fingerprint density at radius 2 is 2.22 bits per heavy atom. The molecule has 2 aromatic rings. The lowest BCUT2D eigenvalue weighted by atomic mass is 10.3. The van der Waals surface area contributed by atoms with E-state index in [1.54, 1.807) is 19.3 Å². The van der Waals surface area contributed by atoms with E-state index in [4.69, 9.17) is 11.6 Å². The van der Waals surface area contributed by atoms with Gasteiger partial charge in [0.25, 0.3) is 0 Å². The molecule has 0 radical (unpaired) electrons. The molecule has 1 unspecified atom stereocenters. The predicted molar refractivity (Wildman–Crippen MR) is 85.2 cm³/mol. The number of thioether (sulfide) groups is 1. The van der Waals surface area contributed by atoms with Crippen LogP contribution < -0.4 is 10.1 Å². The van der Waals surface area contributed by atoms with Crippen molar-refractivity contribution in [1.29, 1.82) is 0 Å². The van der Waals surface area contributed by atoms with Crippen molar-refractivity contribution in [2.75, 3.05) is 5.32 Å². The Hall–Kier alpha value is -1.80. The first-order chi connectivity index (χ1) is 10.9. The van der Waals surface area contributed by atoms with Crippen molar-refractivity contribution in [1.82, 2.24) is 9.55 Å². The van der Waals surface area contributed by atoms with Gasteiger partial charge in [-0.05, 0) is 25.1 Å². The number of imidazole rings is 1. The quantitative estimate of drug-likeness (QED) is 0.795. The normalized spacial score (nSPS) is 12.3. The summed E-state index contributed by atoms with van der Waals surface area (Å²) in [6.07, 6.45) is 3.43. The van der Waals surface area contributed by atoms with Gasteiger partial charge in [0.1, 0.15) is 5.75 Å². The fourth-order valence-corrected chi connectivity index (χ4v) is 2.75. The van der Waals surface area contributed by atoms with Gasteiger partial charge < -0.3 is 14.6 Å². The van der Waals surface area contributed by atoms with Crippen molar-refractivity contribution in [2.45, 2.75) is 23.9 Å². The molecular weight excluding hydrogens is 348 g/mol. The number of halogens is 3. The second kappa shape index (κ2) is 7.65. The maximum atomic E-state index is 12.2. The van der Waals surface area contributed by atoms with Gasteiger partial charge in [-0.25, -0.2) is 4.98 Å². The lowest BCUT2D eigenvalue weighted by Crippen LogP contribution is -2.22. The highest BCUT2D eigenvalue weighted by molar-refractivity contribution is 8.00. The largest absolute Gasteiger partial charge is 0.433 e. The molecule has 1 amide bonds. The molecule has 0 aliphatic rings. The molecule has 0 spiro atoms. The molecule has 0 aliphatic heterocycles. The molecule has 1 heterocycles. The van der Waals surface area contributed by atoms with Gasteiger partial charge in [0.05, 0.1) is 10.3 Å². The number of hydrogen-bond acceptors (Lipinski definition) is 4. The van der Waals surface area contributed by atoms with Crippen LogP contribution in [0.3, 0.4) is 0 Å². The summed E-state index contributed by atoms with van der Waals surface area (Å²) in [5, 5.41) is 2.98. The molecule has 0 saturated carbocycles. The summed E-state index contributed by atoms with van der Waals surface area (Å²) in [5.41, 5.74) is 0.397. The standard InChI is InChI=1S/C14H14ClF2N3O2S/c1-8(23-14-18-5-6-20(14)2)12(21)19-9-3-4-11(10(15)7-9)22-13(16)17/h3-8,13H,1-2H3,(H,19,21). The van der Waals surface area contributed by atoms with Crippen LogP contribution in [0.4, 0.5) is 14.5 Å². The lowest BCUT2D eigenvalue weighted by molar-refractivity contribution is -0.115. The van der Waals surface area contributed by atoms with Crippen molar-refractivity contribution in [3.8, 4) is 5.75 Å². The third-order valence-electron chi connectivity index (χ3n) is 2.84. The number of carbonyl (C=O) groups is 1. The SMILES string of the molecule is CC(Sc1nccn1C)C(=O)Nc1ccc(OC(F)F)c(Cl)c1. The number of amides is 1. The minimum absolute atomic E-state index is 0.00694. The number of aryl methyl sites for hydroxylation is 1. The Morgan fingerprint density at radius 1 is 1.48 bits per heavy atom. The van der Waals surface area contributed by atoms with E-state index in [1.807, 2.05) is 11.6 Å². The van der Waals surface area contributed by atoms with Crippen molar-refractivity contribution in [3.63, 3.8) is 0 Å². The molecule has 0 aliphatic carbocycles. The molecule has 0 saturated heterocycles. The highest BCUT2D eigenvalue weighted by Crippen LogP contribution is 2.29. The van der Waals surface area contributed by atoms with E-state index >= 15 is 0 Å². The Balaban J connectivity index is 1.99. The maximum Gasteiger partial charge on any atom is 0.387 e. The number of rotatable bonds is 6. The molecule has 0 fully saturated rings. The number of hydrogen-bond donors (Lipinski definition) is 1. The van der Waals surface area contributed by atoms with Crippen molar-refractivity contribution in [3.05, 3.63) is 35.6 Å². The molecule has 23 heavy (non-hydrogen) atoms. The second-order valence-electron chi connectivity index (χ2n) is 4.59. The average Bonchev–Trinajstić information content (AvgIpc) is 2.87. The highest BCUT2D eigenvalue weighted by atomic mass is 35.5. The van der Waals surface area contributed by atoms with Gasteiger partial charge in [-0.2, -0.15) is 8.78 Å². The van der Waals surface area contributed by atoms with E-state index in [1.165, 1.54) is 30.0 Å². The average molecular weight is 362 g/mol. The number of ether oxygens (including phenoxy) is 1. The molecule has 2 rings (SSSR count). The van der Waals surface area contributed by atoms with Crippen LogP contribution in [0, 0.1) is 0 Å². The van der Waals surface area contributed by atoms with E-state index in [2.05, 4.69) is 15.0 Å². The minimum Gasteiger partial charge on any atom is -0.433 e. The zero-order valence-corrected chi connectivity index (χ0v) is 13.9. The van der Waals surface area contributed by atoms with E-state index in [9.17, 15) is 13.6 Å². The van der Waals surface area contributed by atoms with Gasteiger partial charge in [0, 0.05) is 25.1 Å². The minimum atomic E-state index is -2.96. The number of anilines is 1. The zero-order chi connectivity index (χ0) is 17.0. The Morgan fingerprint density at radius 3 is 2.78 bits per heavy atom. The number of benzene rings is 1. The summed E-state index contributed by atoms with van der Waals surface area (Å²) < 4.78 is 30.4. The highest BCUT2D eigenvalue weighted by Gasteiger charge is 2.17. The van der Waals surface area contributed by atoms with E-state index in [0.29, 0.717) is 10.8 Å². The van der Waals surface area contributed by atoms with Gasteiger partial charge in [-0.1, -0.05) is 23.4 Å². The summed E-state index contributed by atoms with van der Waals surface area (Å²) in [4.78, 5) is 16.3. The van der Waals surface area contributed by atoms with Crippen LogP contribution in [0.5, 0.6) is 5.75 Å². The second-order valence-corrected chi connectivity index (χ2v) is 6.31. The van der Waals surface area contributed by atoms with Crippen LogP contribution in [0.2, 0.25) is 5.02 Å². The first-order valence-corrected chi connectivity index (χ1v) is 7.82. The van der Waals surface area contributed by atoms with Crippen molar-refractivity contribution >= 4 is 35.0 Å². The van der Waals surface area contributed by atoms with Crippen LogP contribution in [0.15, 0.2) is 35.7 Å². The molecule has 5 nitrogen and oxygen atoms in total. The monoisotopic (exact) mass is 361 g/mol. The Labute approximate surface area is 141 Å².